The SMILES string of the molecule is Cc1onc(C(=O)N(CCCN2CCCC2=O)C2CCOCC2)c1COc1ccccc1. The fraction of sp³-hybridized carbons (Fsp3) is 0.542. The smallest absolute Gasteiger partial charge is 0.276 e. The predicted molar refractivity (Wildman–Crippen MR) is 117 cm³/mol. The van der Waals surface area contributed by atoms with E-state index in [4.69, 9.17) is 14.0 Å². The van der Waals surface area contributed by atoms with Crippen molar-refractivity contribution in [3.63, 3.8) is 0 Å². The maximum absolute atomic E-state index is 13.6. The molecule has 32 heavy (non-hydrogen) atoms. The first-order valence-electron chi connectivity index (χ1n) is 11.4. The van der Waals surface area contributed by atoms with Crippen LogP contribution in [0.4, 0.5) is 0 Å². The van der Waals surface area contributed by atoms with Crippen molar-refractivity contribution < 1.29 is 23.6 Å². The third-order valence-corrected chi connectivity index (χ3v) is 6.20. The molecule has 0 spiro atoms. The molecule has 172 valence electrons. The molecule has 0 saturated carbocycles. The van der Waals surface area contributed by atoms with Gasteiger partial charge in [0.05, 0.1) is 5.56 Å². The van der Waals surface area contributed by atoms with E-state index in [0.717, 1.165) is 38.0 Å². The number of nitrogens with zero attached hydrogens (tertiary/aromatic N) is 3. The average Bonchev–Trinajstić information content (AvgIpc) is 3.41. The van der Waals surface area contributed by atoms with Gasteiger partial charge < -0.3 is 23.8 Å². The second-order valence-corrected chi connectivity index (χ2v) is 8.35. The van der Waals surface area contributed by atoms with Crippen LogP contribution in [0.15, 0.2) is 34.9 Å². The van der Waals surface area contributed by atoms with Crippen molar-refractivity contribution in [2.24, 2.45) is 0 Å². The van der Waals surface area contributed by atoms with Crippen LogP contribution in [0.5, 0.6) is 5.75 Å². The number of hydrogen-bond acceptors (Lipinski definition) is 6. The molecule has 0 radical (unpaired) electrons. The third-order valence-electron chi connectivity index (χ3n) is 6.20. The highest BCUT2D eigenvalue weighted by molar-refractivity contribution is 5.94. The van der Waals surface area contributed by atoms with Gasteiger partial charge in [-0.05, 0) is 44.7 Å². The van der Waals surface area contributed by atoms with Crippen molar-refractivity contribution in [3.05, 3.63) is 47.3 Å². The molecular formula is C24H31N3O5. The lowest BCUT2D eigenvalue weighted by molar-refractivity contribution is -0.127. The Bertz CT molecular complexity index is 908. The van der Waals surface area contributed by atoms with Crippen LogP contribution in [0.3, 0.4) is 0 Å². The van der Waals surface area contributed by atoms with Gasteiger partial charge in [0.15, 0.2) is 5.69 Å². The summed E-state index contributed by atoms with van der Waals surface area (Å²) in [5, 5.41) is 4.10. The van der Waals surface area contributed by atoms with Crippen LogP contribution in [-0.4, -0.2) is 65.7 Å². The monoisotopic (exact) mass is 441 g/mol. The normalized spacial score (nSPS) is 17.0. The van der Waals surface area contributed by atoms with Crippen LogP contribution < -0.4 is 4.74 Å². The number of rotatable bonds is 9. The zero-order valence-corrected chi connectivity index (χ0v) is 18.6. The van der Waals surface area contributed by atoms with E-state index in [0.29, 0.717) is 49.7 Å². The summed E-state index contributed by atoms with van der Waals surface area (Å²) in [5.41, 5.74) is 0.979. The maximum atomic E-state index is 13.6. The third kappa shape index (κ3) is 5.30. The molecule has 3 heterocycles. The molecule has 2 aliphatic rings. The van der Waals surface area contributed by atoms with Gasteiger partial charge >= 0.3 is 0 Å². The Labute approximate surface area is 188 Å². The molecule has 4 rings (SSSR count). The minimum absolute atomic E-state index is 0.0884. The number of aromatic nitrogens is 1. The molecule has 2 fully saturated rings. The average molecular weight is 442 g/mol. The van der Waals surface area contributed by atoms with E-state index in [1.54, 1.807) is 6.92 Å². The van der Waals surface area contributed by atoms with Gasteiger partial charge in [0.1, 0.15) is 18.1 Å². The van der Waals surface area contributed by atoms with E-state index in [9.17, 15) is 9.59 Å². The Morgan fingerprint density at radius 2 is 2.03 bits per heavy atom. The van der Waals surface area contributed by atoms with Gasteiger partial charge in [-0.15, -0.1) is 0 Å². The summed E-state index contributed by atoms with van der Waals surface area (Å²) < 4.78 is 16.8. The van der Waals surface area contributed by atoms with Gasteiger partial charge in [-0.1, -0.05) is 23.4 Å². The lowest BCUT2D eigenvalue weighted by atomic mass is 10.0. The summed E-state index contributed by atoms with van der Waals surface area (Å²) in [4.78, 5) is 29.3. The van der Waals surface area contributed by atoms with E-state index in [1.165, 1.54) is 0 Å². The van der Waals surface area contributed by atoms with Crippen molar-refractivity contribution in [2.75, 3.05) is 32.8 Å². The fourth-order valence-corrected chi connectivity index (χ4v) is 4.36. The lowest BCUT2D eigenvalue weighted by Crippen LogP contribution is -2.45. The van der Waals surface area contributed by atoms with Crippen LogP contribution in [0.25, 0.3) is 0 Å². The lowest BCUT2D eigenvalue weighted by Gasteiger charge is -2.34. The van der Waals surface area contributed by atoms with Crippen LogP contribution in [-0.2, 0) is 16.1 Å². The molecule has 0 bridgehead atoms. The summed E-state index contributed by atoms with van der Waals surface area (Å²) >= 11 is 0. The predicted octanol–water partition coefficient (Wildman–Crippen LogP) is 3.20. The topological polar surface area (TPSA) is 85.1 Å². The number of benzene rings is 1. The number of likely N-dealkylation sites (tertiary alicyclic amines) is 1. The van der Waals surface area contributed by atoms with E-state index in [-0.39, 0.29) is 24.5 Å². The minimum Gasteiger partial charge on any atom is -0.489 e. The number of hydrogen-bond donors (Lipinski definition) is 0. The fourth-order valence-electron chi connectivity index (χ4n) is 4.36. The Balaban J connectivity index is 1.46. The van der Waals surface area contributed by atoms with Crippen molar-refractivity contribution >= 4 is 11.8 Å². The Morgan fingerprint density at radius 3 is 2.75 bits per heavy atom. The van der Waals surface area contributed by atoms with E-state index in [1.807, 2.05) is 40.1 Å². The molecule has 1 aromatic heterocycles. The second-order valence-electron chi connectivity index (χ2n) is 8.35. The minimum atomic E-state index is -0.145. The molecule has 8 heteroatoms. The summed E-state index contributed by atoms with van der Waals surface area (Å²) in [6, 6.07) is 9.56. The van der Waals surface area contributed by atoms with Gasteiger partial charge in [-0.3, -0.25) is 9.59 Å². The zero-order valence-electron chi connectivity index (χ0n) is 18.6. The maximum Gasteiger partial charge on any atom is 0.276 e. The van der Waals surface area contributed by atoms with Crippen molar-refractivity contribution in [1.29, 1.82) is 0 Å². The molecule has 0 atom stereocenters. The Kier molecular flexibility index (Phi) is 7.42. The molecule has 2 saturated heterocycles. The summed E-state index contributed by atoms with van der Waals surface area (Å²) in [6.45, 7) is 5.34. The summed E-state index contributed by atoms with van der Waals surface area (Å²) in [6.07, 6.45) is 3.87. The largest absolute Gasteiger partial charge is 0.489 e. The standard InChI is InChI=1S/C24H31N3O5/c1-18-21(17-31-20-7-3-2-4-8-20)23(25-32-18)24(29)27(19-10-15-30-16-11-19)14-6-13-26-12-5-9-22(26)28/h2-4,7-8,19H,5-6,9-17H2,1H3. The molecule has 8 nitrogen and oxygen atoms in total. The zero-order chi connectivity index (χ0) is 22.3. The number of amides is 2. The van der Waals surface area contributed by atoms with Gasteiger partial charge in [0.2, 0.25) is 5.91 Å². The number of carbonyl (C=O) groups excluding carboxylic acids is 2. The van der Waals surface area contributed by atoms with Crippen molar-refractivity contribution in [2.45, 2.75) is 51.7 Å². The molecular weight excluding hydrogens is 410 g/mol. The van der Waals surface area contributed by atoms with Gasteiger partial charge in [-0.25, -0.2) is 0 Å². The van der Waals surface area contributed by atoms with E-state index < -0.39 is 0 Å². The van der Waals surface area contributed by atoms with Crippen molar-refractivity contribution in [3.8, 4) is 5.75 Å². The Hall–Kier alpha value is -2.87. The van der Waals surface area contributed by atoms with E-state index in [2.05, 4.69) is 5.16 Å². The first kappa shape index (κ1) is 22.3. The molecule has 0 N–H and O–H groups in total. The van der Waals surface area contributed by atoms with Crippen LogP contribution in [0.2, 0.25) is 0 Å². The highest BCUT2D eigenvalue weighted by atomic mass is 16.5. The first-order chi connectivity index (χ1) is 15.6. The van der Waals surface area contributed by atoms with Gasteiger partial charge in [0.25, 0.3) is 5.91 Å². The van der Waals surface area contributed by atoms with Crippen molar-refractivity contribution in [1.82, 2.24) is 15.0 Å². The first-order valence-corrected chi connectivity index (χ1v) is 11.4. The van der Waals surface area contributed by atoms with Crippen LogP contribution in [0.1, 0.15) is 53.9 Å². The Morgan fingerprint density at radius 1 is 1.25 bits per heavy atom. The molecule has 0 aliphatic carbocycles. The quantitative estimate of drug-likeness (QED) is 0.594. The molecule has 1 aromatic carbocycles. The van der Waals surface area contributed by atoms with Gasteiger partial charge in [0, 0.05) is 45.3 Å². The summed E-state index contributed by atoms with van der Waals surface area (Å²) in [5.74, 6) is 1.37. The number of ether oxygens (including phenoxy) is 2. The number of para-hydroxylation sites is 1. The molecule has 0 unspecified atom stereocenters. The summed E-state index contributed by atoms with van der Waals surface area (Å²) in [7, 11) is 0. The molecule has 2 aliphatic heterocycles. The molecule has 2 amide bonds. The van der Waals surface area contributed by atoms with Gasteiger partial charge in [-0.2, -0.15) is 0 Å². The highest BCUT2D eigenvalue weighted by Gasteiger charge is 2.31. The highest BCUT2D eigenvalue weighted by Crippen LogP contribution is 2.23. The second kappa shape index (κ2) is 10.6. The van der Waals surface area contributed by atoms with E-state index >= 15 is 0 Å². The van der Waals surface area contributed by atoms with Crippen LogP contribution in [0, 0.1) is 6.92 Å². The number of carbonyl (C=O) groups is 2. The molecule has 2 aromatic rings. The van der Waals surface area contributed by atoms with Crippen LogP contribution >= 0.6 is 0 Å². The number of aryl methyl sites for hydroxylation is 1.